The van der Waals surface area contributed by atoms with Gasteiger partial charge in [0.05, 0.1) is 10.1 Å². The predicted octanol–water partition coefficient (Wildman–Crippen LogP) is 2.94. The number of aliphatic hydroxyl groups is 1. The van der Waals surface area contributed by atoms with Crippen LogP contribution >= 0.6 is 0 Å². The van der Waals surface area contributed by atoms with Crippen molar-refractivity contribution in [1.29, 1.82) is 0 Å². The van der Waals surface area contributed by atoms with Crippen LogP contribution in [0.25, 0.3) is 0 Å². The standard InChI is InChI=1S/C21H44O4S.Na/c1-2-3-4-5-6-7-8-9-12-15-18-21(26(23,24)25)19-16-13-10-11-14-17-20-22;/h21-22H,2-20H2,1H3,(H,23,24,25);/q;+1/p-1. The summed E-state index contributed by atoms with van der Waals surface area (Å²) in [4.78, 5) is 0. The maximum Gasteiger partial charge on any atom is 1.00 e. The molecular weight excluding hydrogens is 371 g/mol. The van der Waals surface area contributed by atoms with E-state index in [0.717, 1.165) is 57.8 Å². The van der Waals surface area contributed by atoms with Gasteiger partial charge in [-0.3, -0.25) is 0 Å². The third kappa shape index (κ3) is 21.4. The first-order valence-corrected chi connectivity index (χ1v) is 12.5. The van der Waals surface area contributed by atoms with Crippen LogP contribution < -0.4 is 29.6 Å². The van der Waals surface area contributed by atoms with E-state index in [9.17, 15) is 13.0 Å². The van der Waals surface area contributed by atoms with Gasteiger partial charge in [0.2, 0.25) is 0 Å². The number of hydrogen-bond acceptors (Lipinski definition) is 4. The van der Waals surface area contributed by atoms with Crippen molar-refractivity contribution in [3.05, 3.63) is 0 Å². The molecule has 0 rings (SSSR count). The summed E-state index contributed by atoms with van der Waals surface area (Å²) in [6.07, 6.45) is 19.1. The maximum atomic E-state index is 11.4. The second-order valence-electron chi connectivity index (χ2n) is 7.72. The van der Waals surface area contributed by atoms with Gasteiger partial charge < -0.3 is 9.66 Å². The molecule has 0 saturated heterocycles. The summed E-state index contributed by atoms with van der Waals surface area (Å²) in [6, 6.07) is 0. The molecule has 1 atom stereocenters. The Hall–Kier alpha value is 0.870. The van der Waals surface area contributed by atoms with Crippen LogP contribution in [0.3, 0.4) is 0 Å². The monoisotopic (exact) mass is 414 g/mol. The average Bonchev–Trinajstić information content (AvgIpc) is 2.59. The zero-order valence-corrected chi connectivity index (χ0v) is 20.9. The van der Waals surface area contributed by atoms with Gasteiger partial charge in [0, 0.05) is 11.9 Å². The van der Waals surface area contributed by atoms with Crippen LogP contribution in [0.5, 0.6) is 0 Å². The van der Waals surface area contributed by atoms with Gasteiger partial charge >= 0.3 is 29.6 Å². The van der Waals surface area contributed by atoms with Crippen LogP contribution in [0.15, 0.2) is 0 Å². The quantitative estimate of drug-likeness (QED) is 0.189. The summed E-state index contributed by atoms with van der Waals surface area (Å²) < 4.78 is 34.3. The zero-order chi connectivity index (χ0) is 19.5. The Labute approximate surface area is 191 Å². The Balaban J connectivity index is 0. The molecule has 0 amide bonds. The topological polar surface area (TPSA) is 77.4 Å². The summed E-state index contributed by atoms with van der Waals surface area (Å²) in [7, 11) is -4.16. The average molecular weight is 415 g/mol. The van der Waals surface area contributed by atoms with Crippen LogP contribution in [0, 0.1) is 0 Å². The van der Waals surface area contributed by atoms with Crippen LogP contribution in [0.4, 0.5) is 0 Å². The van der Waals surface area contributed by atoms with E-state index in [1.54, 1.807) is 0 Å². The van der Waals surface area contributed by atoms with E-state index in [4.69, 9.17) is 5.11 Å². The van der Waals surface area contributed by atoms with Crippen LogP contribution in [-0.4, -0.2) is 29.9 Å². The van der Waals surface area contributed by atoms with Crippen molar-refractivity contribution < 1.29 is 47.6 Å². The molecule has 0 radical (unpaired) electrons. The zero-order valence-electron chi connectivity index (χ0n) is 18.1. The summed E-state index contributed by atoms with van der Waals surface area (Å²) in [5.74, 6) is 0. The Bertz CT molecular complexity index is 388. The van der Waals surface area contributed by atoms with Gasteiger partial charge in [0.1, 0.15) is 0 Å². The van der Waals surface area contributed by atoms with Crippen LogP contribution in [-0.2, 0) is 10.1 Å². The number of hydrogen-bond donors (Lipinski definition) is 1. The molecule has 4 nitrogen and oxygen atoms in total. The third-order valence-electron chi connectivity index (χ3n) is 5.22. The molecule has 0 saturated carbocycles. The second kappa shape index (κ2) is 21.6. The minimum atomic E-state index is -4.16. The molecule has 158 valence electrons. The van der Waals surface area contributed by atoms with E-state index >= 15 is 0 Å². The molecule has 0 aromatic carbocycles. The van der Waals surface area contributed by atoms with E-state index in [0.29, 0.717) is 12.8 Å². The minimum Gasteiger partial charge on any atom is -0.748 e. The molecule has 0 bridgehead atoms. The van der Waals surface area contributed by atoms with E-state index in [2.05, 4.69) is 6.92 Å². The largest absolute Gasteiger partial charge is 1.00 e. The predicted molar refractivity (Wildman–Crippen MR) is 109 cm³/mol. The van der Waals surface area contributed by atoms with Gasteiger partial charge in [-0.1, -0.05) is 103 Å². The van der Waals surface area contributed by atoms with E-state index < -0.39 is 15.4 Å². The van der Waals surface area contributed by atoms with Gasteiger partial charge in [0.25, 0.3) is 0 Å². The molecule has 0 fully saturated rings. The van der Waals surface area contributed by atoms with Crippen LogP contribution in [0.2, 0.25) is 0 Å². The van der Waals surface area contributed by atoms with Gasteiger partial charge in [-0.2, -0.15) is 0 Å². The number of unbranched alkanes of at least 4 members (excludes halogenated alkanes) is 14. The van der Waals surface area contributed by atoms with Gasteiger partial charge in [0.15, 0.2) is 0 Å². The van der Waals surface area contributed by atoms with Crippen molar-refractivity contribution in [2.45, 2.75) is 128 Å². The summed E-state index contributed by atoms with van der Waals surface area (Å²) in [5, 5.41) is 8.04. The molecule has 0 heterocycles. The SMILES string of the molecule is CCCCCCCCCCCCC(CCCCCCCCO)S(=O)(=O)[O-].[Na+]. The van der Waals surface area contributed by atoms with E-state index in [1.807, 2.05) is 0 Å². The molecule has 1 N–H and O–H groups in total. The molecule has 0 aliphatic rings. The molecule has 27 heavy (non-hydrogen) atoms. The summed E-state index contributed by atoms with van der Waals surface area (Å²) >= 11 is 0. The van der Waals surface area contributed by atoms with E-state index in [-0.39, 0.29) is 36.2 Å². The summed E-state index contributed by atoms with van der Waals surface area (Å²) in [6.45, 7) is 2.48. The summed E-state index contributed by atoms with van der Waals surface area (Å²) in [5.41, 5.74) is 0. The molecule has 6 heteroatoms. The first-order valence-electron chi connectivity index (χ1n) is 11.1. The first-order chi connectivity index (χ1) is 12.5. The Morgan fingerprint density at radius 1 is 0.667 bits per heavy atom. The normalized spacial score (nSPS) is 12.7. The number of rotatable bonds is 20. The van der Waals surface area contributed by atoms with Crippen molar-refractivity contribution in [2.75, 3.05) is 6.61 Å². The second-order valence-corrected chi connectivity index (χ2v) is 9.37. The minimum absolute atomic E-state index is 0. The Morgan fingerprint density at radius 2 is 1.00 bits per heavy atom. The fraction of sp³-hybridized carbons (Fsp3) is 1.00. The molecule has 0 aliphatic heterocycles. The van der Waals surface area contributed by atoms with Gasteiger partial charge in [-0.05, 0) is 19.3 Å². The van der Waals surface area contributed by atoms with Crippen molar-refractivity contribution in [3.63, 3.8) is 0 Å². The molecule has 0 spiro atoms. The smallest absolute Gasteiger partial charge is 0.748 e. The third-order valence-corrected chi connectivity index (χ3v) is 6.51. The Morgan fingerprint density at radius 3 is 1.33 bits per heavy atom. The van der Waals surface area contributed by atoms with Crippen molar-refractivity contribution >= 4 is 10.1 Å². The fourth-order valence-corrected chi connectivity index (χ4v) is 4.39. The van der Waals surface area contributed by atoms with Crippen molar-refractivity contribution in [1.82, 2.24) is 0 Å². The molecule has 1 unspecified atom stereocenters. The fourth-order valence-electron chi connectivity index (χ4n) is 3.48. The van der Waals surface area contributed by atoms with E-state index in [1.165, 1.54) is 44.9 Å². The molecule has 0 aliphatic carbocycles. The Kier molecular flexibility index (Phi) is 24.0. The molecule has 0 aromatic heterocycles. The molecule has 0 aromatic rings. The van der Waals surface area contributed by atoms with Gasteiger partial charge in [-0.15, -0.1) is 0 Å². The molecular formula is C21H43NaO4S. The number of aliphatic hydroxyl groups excluding tert-OH is 1. The van der Waals surface area contributed by atoms with Gasteiger partial charge in [-0.25, -0.2) is 8.42 Å². The van der Waals surface area contributed by atoms with Crippen molar-refractivity contribution in [2.24, 2.45) is 0 Å². The van der Waals surface area contributed by atoms with Crippen LogP contribution in [0.1, 0.15) is 122 Å². The maximum absolute atomic E-state index is 11.4. The first kappa shape index (κ1) is 30.1. The van der Waals surface area contributed by atoms with Crippen molar-refractivity contribution in [3.8, 4) is 0 Å².